The Morgan fingerprint density at radius 2 is 2.12 bits per heavy atom. The van der Waals surface area contributed by atoms with E-state index in [1.165, 1.54) is 0 Å². The molecule has 7 heteroatoms. The zero-order chi connectivity index (χ0) is 17.7. The van der Waals surface area contributed by atoms with Gasteiger partial charge in [-0.1, -0.05) is 12.1 Å². The maximum Gasteiger partial charge on any atom is 0.340 e. The van der Waals surface area contributed by atoms with Crippen LogP contribution in [0.25, 0.3) is 5.69 Å². The van der Waals surface area contributed by atoms with Gasteiger partial charge in [0.25, 0.3) is 0 Å². The molecule has 2 aromatic rings. The molecule has 0 amide bonds. The molecule has 126 valence electrons. The number of aromatic nitrogens is 1. The van der Waals surface area contributed by atoms with Gasteiger partial charge >= 0.3 is 5.97 Å². The summed E-state index contributed by atoms with van der Waals surface area (Å²) in [7, 11) is 0. The molecule has 1 aromatic carbocycles. The van der Waals surface area contributed by atoms with E-state index in [1.54, 1.807) is 19.2 Å². The molecule has 3 N–H and O–H groups in total. The van der Waals surface area contributed by atoms with Crippen LogP contribution < -0.4 is 11.2 Å². The second-order valence-electron chi connectivity index (χ2n) is 5.13. The number of aryl methyl sites for hydroxylation is 1. The fourth-order valence-electron chi connectivity index (χ4n) is 2.50. The normalized spacial score (nSPS) is 10.8. The van der Waals surface area contributed by atoms with E-state index in [1.807, 2.05) is 42.7 Å². The third-order valence-electron chi connectivity index (χ3n) is 3.49. The molecule has 0 radical (unpaired) electrons. The number of rotatable bonds is 5. The van der Waals surface area contributed by atoms with Crippen molar-refractivity contribution in [2.45, 2.75) is 20.8 Å². The first-order valence-electron chi connectivity index (χ1n) is 7.49. The molecule has 0 spiro atoms. The van der Waals surface area contributed by atoms with E-state index < -0.39 is 0 Å². The monoisotopic (exact) mass is 344 g/mol. The van der Waals surface area contributed by atoms with Crippen molar-refractivity contribution in [3.63, 3.8) is 0 Å². The van der Waals surface area contributed by atoms with E-state index in [9.17, 15) is 4.79 Å². The van der Waals surface area contributed by atoms with Gasteiger partial charge in [0.05, 0.1) is 24.1 Å². The van der Waals surface area contributed by atoms with Crippen LogP contribution in [0.5, 0.6) is 0 Å². The SMILES string of the molecule is CCOC(=O)c1ccccc1-n1c(C)cc(/C=N\NC(N)=S)c1C. The van der Waals surface area contributed by atoms with Gasteiger partial charge in [-0.2, -0.15) is 5.10 Å². The molecule has 24 heavy (non-hydrogen) atoms. The lowest BCUT2D eigenvalue weighted by Gasteiger charge is -2.14. The molecular weight excluding hydrogens is 324 g/mol. The average Bonchev–Trinajstić information content (AvgIpc) is 2.81. The molecule has 0 saturated heterocycles. The number of carbonyl (C=O) groups excluding carboxylic acids is 1. The van der Waals surface area contributed by atoms with Gasteiger partial charge in [0.2, 0.25) is 0 Å². The van der Waals surface area contributed by atoms with Gasteiger partial charge in [0, 0.05) is 17.0 Å². The highest BCUT2D eigenvalue weighted by atomic mass is 32.1. The van der Waals surface area contributed by atoms with Gasteiger partial charge in [0.15, 0.2) is 5.11 Å². The molecule has 6 nitrogen and oxygen atoms in total. The zero-order valence-corrected chi connectivity index (χ0v) is 14.7. The molecule has 0 unspecified atom stereocenters. The van der Waals surface area contributed by atoms with Crippen molar-refractivity contribution in [2.24, 2.45) is 10.8 Å². The highest BCUT2D eigenvalue weighted by Crippen LogP contribution is 2.23. The second-order valence-corrected chi connectivity index (χ2v) is 5.57. The van der Waals surface area contributed by atoms with E-state index in [-0.39, 0.29) is 11.1 Å². The molecule has 0 fully saturated rings. The summed E-state index contributed by atoms with van der Waals surface area (Å²) in [5, 5.41) is 4.10. The van der Waals surface area contributed by atoms with Crippen LogP contribution in [0.3, 0.4) is 0 Å². The first kappa shape index (κ1) is 17.7. The molecule has 0 aliphatic rings. The highest BCUT2D eigenvalue weighted by Gasteiger charge is 2.17. The summed E-state index contributed by atoms with van der Waals surface area (Å²) in [6.45, 7) is 6.04. The smallest absolute Gasteiger partial charge is 0.340 e. The number of ether oxygens (including phenoxy) is 1. The molecule has 0 aliphatic carbocycles. The third-order valence-corrected chi connectivity index (χ3v) is 3.58. The molecule has 1 heterocycles. The fourth-order valence-corrected chi connectivity index (χ4v) is 2.56. The van der Waals surface area contributed by atoms with E-state index in [4.69, 9.17) is 22.7 Å². The Hall–Kier alpha value is -2.67. The minimum absolute atomic E-state index is 0.104. The van der Waals surface area contributed by atoms with Crippen molar-refractivity contribution in [2.75, 3.05) is 6.61 Å². The van der Waals surface area contributed by atoms with E-state index in [0.717, 1.165) is 22.6 Å². The van der Waals surface area contributed by atoms with E-state index >= 15 is 0 Å². The van der Waals surface area contributed by atoms with Crippen LogP contribution in [0.1, 0.15) is 34.2 Å². The van der Waals surface area contributed by atoms with Gasteiger partial charge in [-0.3, -0.25) is 5.43 Å². The first-order valence-corrected chi connectivity index (χ1v) is 7.90. The van der Waals surface area contributed by atoms with Gasteiger partial charge in [-0.15, -0.1) is 0 Å². The number of carbonyl (C=O) groups is 1. The van der Waals surface area contributed by atoms with Crippen LogP contribution in [0.2, 0.25) is 0 Å². The Balaban J connectivity index is 2.47. The molecular formula is C17H20N4O2S. The van der Waals surface area contributed by atoms with Crippen LogP contribution >= 0.6 is 12.2 Å². The quantitative estimate of drug-likeness (QED) is 0.377. The van der Waals surface area contributed by atoms with E-state index in [2.05, 4.69) is 10.5 Å². The molecule has 0 bridgehead atoms. The van der Waals surface area contributed by atoms with Crippen LogP contribution in [-0.4, -0.2) is 28.5 Å². The summed E-state index contributed by atoms with van der Waals surface area (Å²) in [6.07, 6.45) is 1.64. The molecule has 0 aliphatic heterocycles. The van der Waals surface area contributed by atoms with Crippen LogP contribution in [0.4, 0.5) is 0 Å². The summed E-state index contributed by atoms with van der Waals surface area (Å²) >= 11 is 4.72. The largest absolute Gasteiger partial charge is 0.462 e. The lowest BCUT2D eigenvalue weighted by molar-refractivity contribution is 0.0526. The number of thiocarbonyl (C=S) groups is 1. The minimum atomic E-state index is -0.342. The predicted molar refractivity (Wildman–Crippen MR) is 98.7 cm³/mol. The predicted octanol–water partition coefficient (Wildman–Crippen LogP) is 2.44. The van der Waals surface area contributed by atoms with Crippen molar-refractivity contribution in [1.29, 1.82) is 0 Å². The summed E-state index contributed by atoms with van der Waals surface area (Å²) in [5.41, 5.74) is 12.0. The van der Waals surface area contributed by atoms with Crippen molar-refractivity contribution < 1.29 is 9.53 Å². The van der Waals surface area contributed by atoms with Gasteiger partial charge in [0.1, 0.15) is 0 Å². The summed E-state index contributed by atoms with van der Waals surface area (Å²) < 4.78 is 7.15. The van der Waals surface area contributed by atoms with E-state index in [0.29, 0.717) is 12.2 Å². The van der Waals surface area contributed by atoms with Crippen LogP contribution in [0.15, 0.2) is 35.4 Å². The topological polar surface area (TPSA) is 81.6 Å². The summed E-state index contributed by atoms with van der Waals surface area (Å²) in [4.78, 5) is 12.2. The number of hydrazone groups is 1. The number of hydrogen-bond acceptors (Lipinski definition) is 4. The van der Waals surface area contributed by atoms with Crippen molar-refractivity contribution in [3.8, 4) is 5.69 Å². The second kappa shape index (κ2) is 7.74. The van der Waals surface area contributed by atoms with Gasteiger partial charge in [-0.05, 0) is 51.2 Å². The number of para-hydroxylation sites is 1. The fraction of sp³-hybridized carbons (Fsp3) is 0.235. The Labute approximate surface area is 146 Å². The Kier molecular flexibility index (Phi) is 5.70. The number of esters is 1. The number of benzene rings is 1. The lowest BCUT2D eigenvalue weighted by Crippen LogP contribution is -2.24. The van der Waals surface area contributed by atoms with Crippen molar-refractivity contribution in [3.05, 3.63) is 52.8 Å². The zero-order valence-electron chi connectivity index (χ0n) is 13.9. The summed E-state index contributed by atoms with van der Waals surface area (Å²) in [5.74, 6) is -0.342. The Morgan fingerprint density at radius 1 is 1.42 bits per heavy atom. The van der Waals surface area contributed by atoms with Crippen molar-refractivity contribution >= 4 is 29.5 Å². The molecule has 1 aromatic heterocycles. The van der Waals surface area contributed by atoms with Crippen molar-refractivity contribution in [1.82, 2.24) is 9.99 Å². The highest BCUT2D eigenvalue weighted by molar-refractivity contribution is 7.80. The third kappa shape index (κ3) is 3.80. The van der Waals surface area contributed by atoms with Gasteiger partial charge in [-0.25, -0.2) is 4.79 Å². The maximum atomic E-state index is 12.2. The minimum Gasteiger partial charge on any atom is -0.462 e. The number of nitrogens with zero attached hydrogens (tertiary/aromatic N) is 2. The molecule has 0 atom stereocenters. The lowest BCUT2D eigenvalue weighted by atomic mass is 10.1. The molecule has 0 saturated carbocycles. The van der Waals surface area contributed by atoms with Crippen LogP contribution in [-0.2, 0) is 4.74 Å². The maximum absolute atomic E-state index is 12.2. The molecule has 2 rings (SSSR count). The average molecular weight is 344 g/mol. The Bertz CT molecular complexity index is 796. The van der Waals surface area contributed by atoms with Gasteiger partial charge < -0.3 is 15.0 Å². The standard InChI is InChI=1S/C17H20N4O2S/c1-4-23-16(22)14-7-5-6-8-15(14)21-11(2)9-13(12(21)3)10-19-20-17(18)24/h5-10H,4H2,1-3H3,(H3,18,20,24)/b19-10-. The van der Waals surface area contributed by atoms with Crippen LogP contribution in [0, 0.1) is 13.8 Å². The number of nitrogens with two attached hydrogens (primary N) is 1. The number of nitrogens with one attached hydrogen (secondary N) is 1. The first-order chi connectivity index (χ1) is 11.5. The number of hydrogen-bond donors (Lipinski definition) is 2. The summed E-state index contributed by atoms with van der Waals surface area (Å²) in [6, 6.07) is 9.33. The Morgan fingerprint density at radius 3 is 2.79 bits per heavy atom.